The van der Waals surface area contributed by atoms with Crippen LogP contribution in [0.4, 0.5) is 5.69 Å². The molecule has 0 amide bonds. The van der Waals surface area contributed by atoms with Gasteiger partial charge in [0.2, 0.25) is 0 Å². The first-order valence-corrected chi connectivity index (χ1v) is 8.29. The third-order valence-electron chi connectivity index (χ3n) is 3.55. The summed E-state index contributed by atoms with van der Waals surface area (Å²) < 4.78 is 28.9. The first-order chi connectivity index (χ1) is 9.91. The maximum atomic E-state index is 12.9. The fraction of sp³-hybridized carbons (Fsp3) is 0.333. The number of nitrogens with zero attached hydrogens (tertiary/aromatic N) is 2. The molecule has 2 N–H and O–H groups in total. The highest BCUT2D eigenvalue weighted by molar-refractivity contribution is 7.92. The van der Waals surface area contributed by atoms with Crippen molar-refractivity contribution in [3.8, 4) is 0 Å². The lowest BCUT2D eigenvalue weighted by molar-refractivity contribution is 0.591. The zero-order valence-corrected chi connectivity index (χ0v) is 13.4. The van der Waals surface area contributed by atoms with Crippen LogP contribution in [0.2, 0.25) is 0 Å². The van der Waals surface area contributed by atoms with E-state index in [2.05, 4.69) is 0 Å². The van der Waals surface area contributed by atoms with Crippen molar-refractivity contribution in [3.63, 3.8) is 0 Å². The quantitative estimate of drug-likeness (QED) is 0.918. The van der Waals surface area contributed by atoms with Crippen molar-refractivity contribution in [2.24, 2.45) is 12.8 Å². The summed E-state index contributed by atoms with van der Waals surface area (Å²) in [6, 6.07) is 9.11. The van der Waals surface area contributed by atoms with E-state index in [4.69, 9.17) is 5.73 Å². The van der Waals surface area contributed by atoms with Crippen molar-refractivity contribution in [1.29, 1.82) is 0 Å². The van der Waals surface area contributed by atoms with Gasteiger partial charge in [0.05, 0.1) is 5.69 Å². The van der Waals surface area contributed by atoms with Crippen LogP contribution in [0.3, 0.4) is 0 Å². The number of rotatable bonds is 5. The first-order valence-electron chi connectivity index (χ1n) is 6.85. The van der Waals surface area contributed by atoms with E-state index in [1.807, 2.05) is 38.1 Å². The van der Waals surface area contributed by atoms with E-state index in [0.29, 0.717) is 18.8 Å². The Morgan fingerprint density at radius 1 is 1.29 bits per heavy atom. The third-order valence-corrected chi connectivity index (χ3v) is 5.41. The van der Waals surface area contributed by atoms with E-state index >= 15 is 0 Å². The smallest absolute Gasteiger partial charge is 0.265 e. The molecule has 0 aliphatic rings. The van der Waals surface area contributed by atoms with Crippen molar-refractivity contribution in [3.05, 3.63) is 47.8 Å². The Balaban J connectivity index is 2.52. The highest BCUT2D eigenvalue weighted by Crippen LogP contribution is 2.27. The van der Waals surface area contributed by atoms with Crippen LogP contribution in [-0.2, 0) is 23.6 Å². The van der Waals surface area contributed by atoms with Crippen LogP contribution in [0.25, 0.3) is 0 Å². The van der Waals surface area contributed by atoms with E-state index < -0.39 is 10.0 Å². The van der Waals surface area contributed by atoms with Crippen LogP contribution in [0, 0.1) is 6.92 Å². The minimum Gasteiger partial charge on any atom is -0.352 e. The molecule has 0 spiro atoms. The van der Waals surface area contributed by atoms with Crippen molar-refractivity contribution < 1.29 is 8.42 Å². The number of benzene rings is 1. The summed E-state index contributed by atoms with van der Waals surface area (Å²) in [4.78, 5) is 0.274. The van der Waals surface area contributed by atoms with Gasteiger partial charge < -0.3 is 10.3 Å². The molecule has 114 valence electrons. The van der Waals surface area contributed by atoms with Gasteiger partial charge in [-0.15, -0.1) is 0 Å². The van der Waals surface area contributed by atoms with Crippen molar-refractivity contribution in [2.75, 3.05) is 10.8 Å². The number of hydrogen-bond acceptors (Lipinski definition) is 3. The molecule has 0 aliphatic carbocycles. The predicted octanol–water partition coefficient (Wildman–Crippen LogP) is 2.01. The minimum atomic E-state index is -3.58. The van der Waals surface area contributed by atoms with Gasteiger partial charge in [-0.1, -0.05) is 18.2 Å². The van der Waals surface area contributed by atoms with E-state index in [-0.39, 0.29) is 4.90 Å². The lowest BCUT2D eigenvalue weighted by Gasteiger charge is -2.23. The van der Waals surface area contributed by atoms with Gasteiger partial charge in [-0.05, 0) is 31.5 Å². The van der Waals surface area contributed by atoms with Crippen molar-refractivity contribution in [1.82, 2.24) is 4.57 Å². The van der Waals surface area contributed by atoms with Crippen LogP contribution in [-0.4, -0.2) is 19.5 Å². The molecule has 0 unspecified atom stereocenters. The molecule has 1 aromatic carbocycles. The number of aryl methyl sites for hydroxylation is 2. The summed E-state index contributed by atoms with van der Waals surface area (Å²) in [7, 11) is -1.78. The van der Waals surface area contributed by atoms with Gasteiger partial charge in [0.1, 0.15) is 4.90 Å². The van der Waals surface area contributed by atoms with Gasteiger partial charge in [-0.25, -0.2) is 8.42 Å². The molecule has 5 nitrogen and oxygen atoms in total. The van der Waals surface area contributed by atoms with Crippen LogP contribution < -0.4 is 10.0 Å². The van der Waals surface area contributed by atoms with Crippen molar-refractivity contribution >= 4 is 15.7 Å². The number of sulfonamides is 1. The van der Waals surface area contributed by atoms with Gasteiger partial charge in [0.25, 0.3) is 10.0 Å². The molecule has 2 rings (SSSR count). The van der Waals surface area contributed by atoms with Crippen molar-refractivity contribution in [2.45, 2.75) is 25.3 Å². The molecular formula is C15H21N3O2S. The summed E-state index contributed by atoms with van der Waals surface area (Å²) in [6.45, 7) is 4.42. The standard InChI is InChI=1S/C15H21N3O2S/c1-4-18(15-8-6-5-7-12(15)2)21(19,20)14-9-13(10-16)17(3)11-14/h5-9,11H,4,10,16H2,1-3H3. The summed E-state index contributed by atoms with van der Waals surface area (Å²) in [5, 5.41) is 0. The Morgan fingerprint density at radius 2 is 1.95 bits per heavy atom. The van der Waals surface area contributed by atoms with E-state index in [1.54, 1.807) is 23.9 Å². The molecule has 0 saturated heterocycles. The summed E-state index contributed by atoms with van der Waals surface area (Å²) >= 11 is 0. The molecule has 21 heavy (non-hydrogen) atoms. The Kier molecular flexibility index (Phi) is 4.39. The lowest BCUT2D eigenvalue weighted by Crippen LogP contribution is -2.31. The zero-order chi connectivity index (χ0) is 15.6. The molecule has 0 radical (unpaired) electrons. The fourth-order valence-electron chi connectivity index (χ4n) is 2.36. The Hall–Kier alpha value is -1.79. The molecule has 2 aromatic rings. The Bertz CT molecular complexity index is 735. The molecule has 0 fully saturated rings. The zero-order valence-electron chi connectivity index (χ0n) is 12.6. The molecule has 0 saturated carbocycles. The monoisotopic (exact) mass is 307 g/mol. The average molecular weight is 307 g/mol. The maximum Gasteiger partial charge on any atom is 0.265 e. The van der Waals surface area contributed by atoms with E-state index in [9.17, 15) is 8.42 Å². The van der Waals surface area contributed by atoms with Gasteiger partial charge in [-0.3, -0.25) is 4.31 Å². The minimum absolute atomic E-state index is 0.274. The SMILES string of the molecule is CCN(c1ccccc1C)S(=O)(=O)c1cc(CN)n(C)c1. The summed E-state index contributed by atoms with van der Waals surface area (Å²) in [5.41, 5.74) is 8.04. The molecule has 0 atom stereocenters. The maximum absolute atomic E-state index is 12.9. The number of hydrogen-bond donors (Lipinski definition) is 1. The molecule has 0 aliphatic heterocycles. The predicted molar refractivity (Wildman–Crippen MR) is 84.7 cm³/mol. The molecule has 1 heterocycles. The molecule has 6 heteroatoms. The second kappa shape index (κ2) is 5.91. The highest BCUT2D eigenvalue weighted by atomic mass is 32.2. The number of para-hydroxylation sites is 1. The topological polar surface area (TPSA) is 68.3 Å². The molecule has 0 bridgehead atoms. The van der Waals surface area contributed by atoms with E-state index in [1.165, 1.54) is 4.31 Å². The largest absolute Gasteiger partial charge is 0.352 e. The lowest BCUT2D eigenvalue weighted by atomic mass is 10.2. The highest BCUT2D eigenvalue weighted by Gasteiger charge is 2.26. The van der Waals surface area contributed by atoms with Gasteiger partial charge in [0.15, 0.2) is 0 Å². The van der Waals surface area contributed by atoms with Crippen LogP contribution >= 0.6 is 0 Å². The number of anilines is 1. The molecule has 1 aromatic heterocycles. The van der Waals surface area contributed by atoms with Crippen LogP contribution in [0.5, 0.6) is 0 Å². The Morgan fingerprint density at radius 3 is 2.48 bits per heavy atom. The first kappa shape index (κ1) is 15.6. The average Bonchev–Trinajstić information content (AvgIpc) is 2.83. The second-order valence-corrected chi connectivity index (χ2v) is 6.80. The summed E-state index contributed by atoms with van der Waals surface area (Å²) in [6.07, 6.45) is 1.61. The van der Waals surface area contributed by atoms with Crippen LogP contribution in [0.1, 0.15) is 18.2 Å². The second-order valence-electron chi connectivity index (χ2n) is 4.94. The number of nitrogens with two attached hydrogens (primary N) is 1. The number of aromatic nitrogens is 1. The Labute approximate surface area is 126 Å². The van der Waals surface area contributed by atoms with Gasteiger partial charge in [-0.2, -0.15) is 0 Å². The van der Waals surface area contributed by atoms with E-state index in [0.717, 1.165) is 11.3 Å². The molecular weight excluding hydrogens is 286 g/mol. The summed E-state index contributed by atoms with van der Waals surface area (Å²) in [5.74, 6) is 0. The normalized spacial score (nSPS) is 11.6. The van der Waals surface area contributed by atoms with Crippen LogP contribution in [0.15, 0.2) is 41.4 Å². The third kappa shape index (κ3) is 2.82. The van der Waals surface area contributed by atoms with Gasteiger partial charge in [0, 0.05) is 32.0 Å². The fourth-order valence-corrected chi connectivity index (χ4v) is 4.00. The van der Waals surface area contributed by atoms with Gasteiger partial charge >= 0.3 is 0 Å².